The Hall–Kier alpha value is -0.0800. The van der Waals surface area contributed by atoms with Crippen LogP contribution in [0.2, 0.25) is 0 Å². The highest BCUT2D eigenvalue weighted by atomic mass is 15.3. The molecule has 0 aromatic rings. The Labute approximate surface area is 102 Å². The van der Waals surface area contributed by atoms with Gasteiger partial charge in [0.05, 0.1) is 0 Å². The summed E-state index contributed by atoms with van der Waals surface area (Å²) in [5.74, 6) is 0. The Morgan fingerprint density at radius 3 is 1.81 bits per heavy atom. The maximum atomic E-state index is 2.70. The maximum absolute atomic E-state index is 2.70. The van der Waals surface area contributed by atoms with Crippen LogP contribution in [0.4, 0.5) is 0 Å². The van der Waals surface area contributed by atoms with Gasteiger partial charge in [-0.1, -0.05) is 39.5 Å². The quantitative estimate of drug-likeness (QED) is 0.714. The Morgan fingerprint density at radius 2 is 1.38 bits per heavy atom. The Morgan fingerprint density at radius 1 is 0.875 bits per heavy atom. The second-order valence-corrected chi connectivity index (χ2v) is 5.28. The van der Waals surface area contributed by atoms with Crippen molar-refractivity contribution in [3.8, 4) is 0 Å². The molecule has 2 aliphatic rings. The molecule has 0 atom stereocenters. The molecule has 0 radical (unpaired) electrons. The van der Waals surface area contributed by atoms with E-state index in [9.17, 15) is 0 Å². The van der Waals surface area contributed by atoms with Crippen LogP contribution in [0.25, 0.3) is 0 Å². The number of piperazine rings is 1. The zero-order chi connectivity index (χ0) is 11.8. The van der Waals surface area contributed by atoms with E-state index in [4.69, 9.17) is 0 Å². The normalized spacial score (nSPS) is 24.2. The number of unbranched alkanes of at least 4 members (excludes halogenated alkanes) is 1. The molecule has 0 unspecified atom stereocenters. The number of nitrogens with zero attached hydrogens (tertiary/aromatic N) is 2. The summed E-state index contributed by atoms with van der Waals surface area (Å²) in [5.41, 5.74) is 0. The van der Waals surface area contributed by atoms with Crippen molar-refractivity contribution in [2.75, 3.05) is 33.2 Å². The van der Waals surface area contributed by atoms with Crippen molar-refractivity contribution in [2.24, 2.45) is 0 Å². The Bertz CT molecular complexity index is 154. The lowest BCUT2D eigenvalue weighted by Crippen LogP contribution is -2.48. The number of likely N-dealkylation sites (N-methyl/N-ethyl adjacent to an activating group) is 1. The van der Waals surface area contributed by atoms with Crippen molar-refractivity contribution in [1.82, 2.24) is 9.80 Å². The molecule has 1 aliphatic carbocycles. The second-order valence-electron chi connectivity index (χ2n) is 5.28. The third kappa shape index (κ3) is 4.84. The Balaban J connectivity index is 0.000000280. The minimum absolute atomic E-state index is 0.943. The van der Waals surface area contributed by atoms with Gasteiger partial charge in [0, 0.05) is 32.2 Å². The largest absolute Gasteiger partial charge is 0.304 e. The van der Waals surface area contributed by atoms with Gasteiger partial charge in [0.25, 0.3) is 0 Å². The molecule has 1 saturated carbocycles. The molecule has 0 bridgehead atoms. The fraction of sp³-hybridized carbons (Fsp3) is 1.00. The molecule has 96 valence electrons. The van der Waals surface area contributed by atoms with Crippen LogP contribution in [0.15, 0.2) is 0 Å². The van der Waals surface area contributed by atoms with E-state index in [1.165, 1.54) is 64.7 Å². The third-order valence-corrected chi connectivity index (χ3v) is 3.88. The molecule has 0 aromatic carbocycles. The maximum Gasteiger partial charge on any atom is 0.0113 e. The molecule has 1 heterocycles. The summed E-state index contributed by atoms with van der Waals surface area (Å²) in [6.07, 6.45) is 8.50. The monoisotopic (exact) mass is 226 g/mol. The minimum Gasteiger partial charge on any atom is -0.304 e. The summed E-state index contributed by atoms with van der Waals surface area (Å²) in [4.78, 5) is 5.14. The smallest absolute Gasteiger partial charge is 0.0113 e. The van der Waals surface area contributed by atoms with Crippen LogP contribution >= 0.6 is 0 Å². The highest BCUT2D eigenvalue weighted by Crippen LogP contribution is 2.23. The SMILES string of the molecule is CCCC.CN1CCN(C2CCCC2)CC1. The molecule has 0 amide bonds. The first-order valence-corrected chi connectivity index (χ1v) is 7.20. The predicted octanol–water partition coefficient (Wildman–Crippen LogP) is 2.98. The summed E-state index contributed by atoms with van der Waals surface area (Å²) in [5, 5.41) is 0. The van der Waals surface area contributed by atoms with E-state index >= 15 is 0 Å². The first kappa shape index (κ1) is 14.0. The summed E-state index contributed by atoms with van der Waals surface area (Å²) in [6, 6.07) is 0.943. The molecule has 0 spiro atoms. The van der Waals surface area contributed by atoms with Gasteiger partial charge in [-0.15, -0.1) is 0 Å². The van der Waals surface area contributed by atoms with Gasteiger partial charge in [-0.2, -0.15) is 0 Å². The molecule has 1 saturated heterocycles. The number of hydrogen-bond acceptors (Lipinski definition) is 2. The van der Waals surface area contributed by atoms with E-state index in [2.05, 4.69) is 30.7 Å². The molecular formula is C14H30N2. The Kier molecular flexibility index (Phi) is 7.06. The topological polar surface area (TPSA) is 6.48 Å². The van der Waals surface area contributed by atoms with Gasteiger partial charge >= 0.3 is 0 Å². The van der Waals surface area contributed by atoms with Crippen LogP contribution in [0.5, 0.6) is 0 Å². The van der Waals surface area contributed by atoms with Crippen molar-refractivity contribution in [1.29, 1.82) is 0 Å². The van der Waals surface area contributed by atoms with Crippen molar-refractivity contribution < 1.29 is 0 Å². The first-order chi connectivity index (χ1) is 7.77. The molecule has 2 nitrogen and oxygen atoms in total. The molecular weight excluding hydrogens is 196 g/mol. The van der Waals surface area contributed by atoms with Crippen LogP contribution in [-0.4, -0.2) is 49.1 Å². The number of hydrogen-bond donors (Lipinski definition) is 0. The summed E-state index contributed by atoms with van der Waals surface area (Å²) in [7, 11) is 2.23. The molecule has 0 aromatic heterocycles. The fourth-order valence-corrected chi connectivity index (χ4v) is 2.46. The average Bonchev–Trinajstić information content (AvgIpc) is 2.84. The molecule has 2 heteroatoms. The molecule has 16 heavy (non-hydrogen) atoms. The van der Waals surface area contributed by atoms with E-state index in [0.717, 1.165) is 6.04 Å². The van der Waals surface area contributed by atoms with Gasteiger partial charge in [0.2, 0.25) is 0 Å². The van der Waals surface area contributed by atoms with Crippen molar-refractivity contribution in [3.63, 3.8) is 0 Å². The van der Waals surface area contributed by atoms with E-state index in [-0.39, 0.29) is 0 Å². The minimum atomic E-state index is 0.943. The van der Waals surface area contributed by atoms with Gasteiger partial charge in [-0.25, -0.2) is 0 Å². The highest BCUT2D eigenvalue weighted by Gasteiger charge is 2.24. The summed E-state index contributed by atoms with van der Waals surface area (Å²) >= 11 is 0. The van der Waals surface area contributed by atoms with Crippen LogP contribution in [0.1, 0.15) is 52.4 Å². The van der Waals surface area contributed by atoms with Gasteiger partial charge in [-0.3, -0.25) is 4.90 Å². The van der Waals surface area contributed by atoms with Gasteiger partial charge in [0.15, 0.2) is 0 Å². The average molecular weight is 226 g/mol. The molecule has 2 fully saturated rings. The van der Waals surface area contributed by atoms with Crippen molar-refractivity contribution in [2.45, 2.75) is 58.4 Å². The molecule has 2 rings (SSSR count). The number of rotatable bonds is 2. The van der Waals surface area contributed by atoms with Crippen LogP contribution in [0.3, 0.4) is 0 Å². The van der Waals surface area contributed by atoms with Crippen LogP contribution in [-0.2, 0) is 0 Å². The van der Waals surface area contributed by atoms with E-state index in [1.807, 2.05) is 0 Å². The standard InChI is InChI=1S/C10H20N2.C4H10/c1-11-6-8-12(9-7-11)10-4-2-3-5-10;1-3-4-2/h10H,2-9H2,1H3;3-4H2,1-2H3. The predicted molar refractivity (Wildman–Crippen MR) is 71.9 cm³/mol. The van der Waals surface area contributed by atoms with Gasteiger partial charge in [0.1, 0.15) is 0 Å². The first-order valence-electron chi connectivity index (χ1n) is 7.20. The fourth-order valence-electron chi connectivity index (χ4n) is 2.46. The van der Waals surface area contributed by atoms with E-state index in [0.29, 0.717) is 0 Å². The lowest BCUT2D eigenvalue weighted by atomic mass is 10.2. The lowest BCUT2D eigenvalue weighted by molar-refractivity contribution is 0.114. The molecule has 0 N–H and O–H groups in total. The lowest BCUT2D eigenvalue weighted by Gasteiger charge is -2.36. The third-order valence-electron chi connectivity index (χ3n) is 3.88. The van der Waals surface area contributed by atoms with E-state index < -0.39 is 0 Å². The zero-order valence-corrected chi connectivity index (χ0v) is 11.5. The highest BCUT2D eigenvalue weighted by molar-refractivity contribution is 4.80. The molecule has 1 aliphatic heterocycles. The van der Waals surface area contributed by atoms with Crippen molar-refractivity contribution >= 4 is 0 Å². The zero-order valence-electron chi connectivity index (χ0n) is 11.5. The van der Waals surface area contributed by atoms with Crippen molar-refractivity contribution in [3.05, 3.63) is 0 Å². The van der Waals surface area contributed by atoms with Gasteiger partial charge < -0.3 is 4.90 Å². The summed E-state index contributed by atoms with van der Waals surface area (Å²) in [6.45, 7) is 9.52. The second kappa shape index (κ2) is 8.08. The van der Waals surface area contributed by atoms with Crippen LogP contribution < -0.4 is 0 Å². The van der Waals surface area contributed by atoms with Gasteiger partial charge in [-0.05, 0) is 19.9 Å². The van der Waals surface area contributed by atoms with Crippen LogP contribution in [0, 0.1) is 0 Å². The van der Waals surface area contributed by atoms with E-state index in [1.54, 1.807) is 0 Å². The summed E-state index contributed by atoms with van der Waals surface area (Å²) < 4.78 is 0.